The predicted octanol–water partition coefficient (Wildman–Crippen LogP) is 14.0. The van der Waals surface area contributed by atoms with Gasteiger partial charge in [-0.2, -0.15) is 4.98 Å². The largest absolute Gasteiger partial charge is 0.437 e. The van der Waals surface area contributed by atoms with E-state index in [0.717, 1.165) is 55.1 Å². The summed E-state index contributed by atoms with van der Waals surface area (Å²) in [5.41, 5.74) is 12.4. The van der Waals surface area contributed by atoms with Gasteiger partial charge in [0.25, 0.3) is 0 Å². The fourth-order valence-corrected chi connectivity index (χ4v) is 10.8. The molecule has 6 aromatic heterocycles. The van der Waals surface area contributed by atoms with Crippen molar-refractivity contribution >= 4 is 115 Å². The Bertz CT molecular complexity index is 4300. The summed E-state index contributed by atoms with van der Waals surface area (Å²) in [4.78, 5) is 11.1. The van der Waals surface area contributed by atoms with Crippen LogP contribution in [0, 0.1) is 0 Å². The van der Waals surface area contributed by atoms with Crippen molar-refractivity contribution in [2.45, 2.75) is 0 Å². The zero-order chi connectivity index (χ0) is 38.8. The number of fused-ring (bicyclic) bond motifs is 10. The van der Waals surface area contributed by atoms with Crippen LogP contribution < -0.4 is 0 Å². The molecular weight excluding hydrogens is 735 g/mol. The maximum atomic E-state index is 6.70. The van der Waals surface area contributed by atoms with E-state index in [1.807, 2.05) is 12.1 Å². The Labute approximate surface area is 340 Å². The van der Waals surface area contributed by atoms with E-state index >= 15 is 0 Å². The number of benzene rings is 9. The van der Waals surface area contributed by atoms with Gasteiger partial charge in [-0.25, -0.2) is 4.98 Å². The van der Waals surface area contributed by atoms with Gasteiger partial charge in [0.1, 0.15) is 5.58 Å². The zero-order valence-corrected chi connectivity index (χ0v) is 31.9. The van der Waals surface area contributed by atoms with Crippen molar-refractivity contribution < 1.29 is 4.42 Å². The van der Waals surface area contributed by atoms with Gasteiger partial charge in [0.2, 0.25) is 11.7 Å². The van der Waals surface area contributed by atoms with Crippen molar-refractivity contribution in [2.75, 3.05) is 0 Å². The average Bonchev–Trinajstić information content (AvgIpc) is 4.02. The van der Waals surface area contributed by atoms with Crippen LogP contribution >= 0.6 is 0 Å². The molecule has 6 nitrogen and oxygen atoms in total. The molecule has 60 heavy (non-hydrogen) atoms. The van der Waals surface area contributed by atoms with E-state index in [1.54, 1.807) is 0 Å². The smallest absolute Gasteiger partial charge is 0.238 e. The van der Waals surface area contributed by atoms with Crippen LogP contribution in [0.3, 0.4) is 0 Å². The van der Waals surface area contributed by atoms with E-state index in [0.29, 0.717) is 11.7 Å². The van der Waals surface area contributed by atoms with Crippen LogP contribution in [0.2, 0.25) is 0 Å². The highest BCUT2D eigenvalue weighted by Gasteiger charge is 2.29. The minimum atomic E-state index is 0.565. The van der Waals surface area contributed by atoms with Gasteiger partial charge in [-0.15, -0.1) is 0 Å². The maximum absolute atomic E-state index is 6.70. The first-order chi connectivity index (χ1) is 29.8. The summed E-state index contributed by atoms with van der Waals surface area (Å²) in [7, 11) is 0. The summed E-state index contributed by atoms with van der Waals surface area (Å²) in [6.07, 6.45) is 0. The van der Waals surface area contributed by atoms with Gasteiger partial charge in [-0.3, -0.25) is 4.57 Å². The summed E-state index contributed by atoms with van der Waals surface area (Å²) in [6, 6.07) is 63.3. The number of nitrogens with zero attached hydrogens (tertiary/aromatic N) is 5. The molecule has 0 aliphatic carbocycles. The molecule has 6 heteroatoms. The molecule has 0 N–H and O–H groups in total. The molecule has 0 aliphatic heterocycles. The second-order valence-electron chi connectivity index (χ2n) is 16.1. The summed E-state index contributed by atoms with van der Waals surface area (Å²) in [5.74, 6) is 0.572. The quantitative estimate of drug-likeness (QED) is 0.168. The number of hydrogen-bond acceptors (Lipinski definition) is 3. The third-order valence-electron chi connectivity index (χ3n) is 13.2. The van der Waals surface area contributed by atoms with Crippen LogP contribution in [0.25, 0.3) is 137 Å². The van der Waals surface area contributed by atoms with Crippen LogP contribution in [-0.4, -0.2) is 23.5 Å². The van der Waals surface area contributed by atoms with Gasteiger partial charge >= 0.3 is 0 Å². The molecule has 9 aromatic carbocycles. The summed E-state index contributed by atoms with van der Waals surface area (Å²) in [5, 5.41) is 13.9. The third-order valence-corrected chi connectivity index (χ3v) is 13.2. The molecule has 0 bridgehead atoms. The number of para-hydroxylation sites is 3. The zero-order valence-electron chi connectivity index (χ0n) is 31.9. The molecule has 0 atom stereocenters. The van der Waals surface area contributed by atoms with Gasteiger partial charge in [0, 0.05) is 49.0 Å². The molecular formula is C54H29N5O. The van der Waals surface area contributed by atoms with Crippen molar-refractivity contribution in [3.63, 3.8) is 0 Å². The second-order valence-corrected chi connectivity index (χ2v) is 16.1. The van der Waals surface area contributed by atoms with Gasteiger partial charge in [-0.05, 0) is 82.2 Å². The first-order valence-electron chi connectivity index (χ1n) is 20.4. The Hall–Kier alpha value is -8.22. The molecule has 15 rings (SSSR count). The normalized spacial score (nSPS) is 12.7. The minimum absolute atomic E-state index is 0.565. The molecule has 6 heterocycles. The topological polar surface area (TPSA) is 53.2 Å². The molecule has 0 amide bonds. The highest BCUT2D eigenvalue weighted by molar-refractivity contribution is 6.38. The highest BCUT2D eigenvalue weighted by Crippen LogP contribution is 2.49. The summed E-state index contributed by atoms with van der Waals surface area (Å²) in [6.45, 7) is 0. The van der Waals surface area contributed by atoms with E-state index in [9.17, 15) is 0 Å². The predicted molar refractivity (Wildman–Crippen MR) is 247 cm³/mol. The van der Waals surface area contributed by atoms with E-state index in [2.05, 4.69) is 177 Å². The van der Waals surface area contributed by atoms with Gasteiger partial charge in [0.05, 0.1) is 49.7 Å². The number of rotatable bonds is 3. The van der Waals surface area contributed by atoms with Crippen LogP contribution in [0.4, 0.5) is 0 Å². The van der Waals surface area contributed by atoms with E-state index in [-0.39, 0.29) is 0 Å². The Kier molecular flexibility index (Phi) is 5.57. The Morgan fingerprint density at radius 2 is 1.02 bits per heavy atom. The SMILES string of the molecule is c1ccc(-n2c3ccc4c5c3c3c2cccc3n2c3ccccc3c3ccc(c5c32)n4-c2nc(-c3cc4ccccc4c4ccccc34)c3c(n2)oc2ccccc23)cc1. The fourth-order valence-electron chi connectivity index (χ4n) is 10.8. The lowest BCUT2D eigenvalue weighted by molar-refractivity contribution is 0.651. The minimum Gasteiger partial charge on any atom is -0.437 e. The maximum Gasteiger partial charge on any atom is 0.238 e. The van der Waals surface area contributed by atoms with Crippen LogP contribution in [-0.2, 0) is 0 Å². The molecule has 0 saturated heterocycles. The Morgan fingerprint density at radius 1 is 0.383 bits per heavy atom. The van der Waals surface area contributed by atoms with Crippen LogP contribution in [0.5, 0.6) is 0 Å². The summed E-state index contributed by atoms with van der Waals surface area (Å²) < 4.78 is 13.9. The molecule has 276 valence electrons. The lowest BCUT2D eigenvalue weighted by Crippen LogP contribution is -2.03. The van der Waals surface area contributed by atoms with Crippen molar-refractivity contribution in [1.29, 1.82) is 0 Å². The number of hydrogen-bond donors (Lipinski definition) is 0. The van der Waals surface area contributed by atoms with E-state index in [4.69, 9.17) is 14.4 Å². The van der Waals surface area contributed by atoms with E-state index in [1.165, 1.54) is 70.7 Å². The number of aromatic nitrogens is 5. The van der Waals surface area contributed by atoms with Crippen molar-refractivity contribution in [3.8, 4) is 22.9 Å². The third kappa shape index (κ3) is 3.66. The van der Waals surface area contributed by atoms with Gasteiger partial charge < -0.3 is 13.4 Å². The van der Waals surface area contributed by atoms with Crippen molar-refractivity contribution in [3.05, 3.63) is 176 Å². The average molecular weight is 764 g/mol. The first-order valence-corrected chi connectivity index (χ1v) is 20.4. The Balaban J connectivity index is 1.16. The highest BCUT2D eigenvalue weighted by atomic mass is 16.3. The van der Waals surface area contributed by atoms with Gasteiger partial charge in [-0.1, -0.05) is 115 Å². The Morgan fingerprint density at radius 3 is 1.90 bits per heavy atom. The lowest BCUT2D eigenvalue weighted by Gasteiger charge is -2.13. The number of furan rings is 1. The molecule has 0 unspecified atom stereocenters. The molecule has 15 aromatic rings. The van der Waals surface area contributed by atoms with Crippen molar-refractivity contribution in [2.24, 2.45) is 0 Å². The van der Waals surface area contributed by atoms with Gasteiger partial charge in [0.15, 0.2) is 0 Å². The molecule has 0 saturated carbocycles. The second kappa shape index (κ2) is 10.8. The van der Waals surface area contributed by atoms with E-state index < -0.39 is 0 Å². The molecule has 0 radical (unpaired) electrons. The standard InChI is InChI=1S/C54H29N5O/c1-2-14-31(15-3-1)57-40-22-12-23-41-47(40)48-42(57)27-28-43-49(48)50-44(26-25-36-35-19-8-10-21-39(35)58(41)52(36)50)59(43)54-55-51(46-37-20-9-11-24-45(37)60-53(46)56-54)38-29-30-13-4-5-16-32(30)33-17-6-7-18-34(33)38/h1-29H. The molecule has 0 spiro atoms. The summed E-state index contributed by atoms with van der Waals surface area (Å²) >= 11 is 0. The molecule has 0 aliphatic rings. The molecule has 0 fully saturated rings. The monoisotopic (exact) mass is 763 g/mol. The van der Waals surface area contributed by atoms with Crippen molar-refractivity contribution in [1.82, 2.24) is 23.5 Å². The van der Waals surface area contributed by atoms with Crippen LogP contribution in [0.15, 0.2) is 180 Å². The van der Waals surface area contributed by atoms with Crippen LogP contribution in [0.1, 0.15) is 0 Å². The lowest BCUT2D eigenvalue weighted by atomic mass is 9.94. The fraction of sp³-hybridized carbons (Fsp3) is 0. The first kappa shape index (κ1) is 30.9.